The third-order valence-corrected chi connectivity index (χ3v) is 3.87. The van der Waals surface area contributed by atoms with Gasteiger partial charge in [0.25, 0.3) is 0 Å². The zero-order valence-electron chi connectivity index (χ0n) is 8.25. The van der Waals surface area contributed by atoms with Crippen LogP contribution in [0.5, 0.6) is 0 Å². The van der Waals surface area contributed by atoms with Gasteiger partial charge >= 0.3 is 0 Å². The minimum Gasteiger partial charge on any atom is -0.206 e. The van der Waals surface area contributed by atoms with E-state index in [4.69, 9.17) is 0 Å². The fourth-order valence-corrected chi connectivity index (χ4v) is 2.88. The van der Waals surface area contributed by atoms with Crippen LogP contribution in [0.25, 0.3) is 0 Å². The Bertz CT molecular complexity index is 372. The summed E-state index contributed by atoms with van der Waals surface area (Å²) in [5, 5.41) is 0. The molecule has 0 fully saturated rings. The Kier molecular flexibility index (Phi) is 3.99. The number of fused-ring (bicyclic) bond motifs is 2. The van der Waals surface area contributed by atoms with Crippen molar-refractivity contribution in [3.63, 3.8) is 0 Å². The van der Waals surface area contributed by atoms with Crippen molar-refractivity contribution in [1.82, 2.24) is 0 Å². The normalized spacial score (nSPS) is 16.1. The van der Waals surface area contributed by atoms with E-state index in [1.54, 1.807) is 23.5 Å². The summed E-state index contributed by atoms with van der Waals surface area (Å²) in [6.07, 6.45) is 0. The molecule has 1 aliphatic rings. The molecule has 2 bridgehead atoms. The maximum Gasteiger partial charge on any atom is 0.131 e. The van der Waals surface area contributed by atoms with E-state index in [1.807, 2.05) is 18.2 Å². The Morgan fingerprint density at radius 1 is 1.00 bits per heavy atom. The molecule has 1 aromatic carbocycles. The van der Waals surface area contributed by atoms with Crippen molar-refractivity contribution in [2.75, 3.05) is 11.5 Å². The van der Waals surface area contributed by atoms with E-state index in [2.05, 4.69) is 11.8 Å². The number of halogens is 1. The third-order valence-electron chi connectivity index (χ3n) is 2.15. The number of hydrogen-bond donors (Lipinski definition) is 0. The first-order valence-electron chi connectivity index (χ1n) is 4.75. The molecule has 2 rings (SSSR count). The maximum atomic E-state index is 13.9. The van der Waals surface area contributed by atoms with E-state index < -0.39 is 0 Å². The first-order chi connectivity index (χ1) is 7.38. The van der Waals surface area contributed by atoms with Crippen LogP contribution in [-0.2, 0) is 11.5 Å². The standard InChI is InChI=1S/C12H11FS2/c13-12-10-4-3-5-11(12)9-15-7-2-1-6-14-8-10/h3-5H,6-9H2. The van der Waals surface area contributed by atoms with Crippen LogP contribution >= 0.6 is 23.5 Å². The highest BCUT2D eigenvalue weighted by Crippen LogP contribution is 2.22. The van der Waals surface area contributed by atoms with E-state index in [9.17, 15) is 4.39 Å². The van der Waals surface area contributed by atoms with Crippen molar-refractivity contribution in [2.45, 2.75) is 11.5 Å². The zero-order valence-corrected chi connectivity index (χ0v) is 9.89. The summed E-state index contributed by atoms with van der Waals surface area (Å²) in [7, 11) is 0. The minimum atomic E-state index is -0.0283. The Hall–Kier alpha value is -0.590. The number of benzene rings is 1. The Morgan fingerprint density at radius 3 is 2.07 bits per heavy atom. The number of hydrogen-bond acceptors (Lipinski definition) is 2. The second-order valence-corrected chi connectivity index (χ2v) is 5.20. The molecule has 1 aromatic rings. The SMILES string of the molecule is Fc1c2cccc1CSCC#CCSC2. The van der Waals surface area contributed by atoms with E-state index in [1.165, 1.54) is 0 Å². The molecule has 0 radical (unpaired) electrons. The van der Waals surface area contributed by atoms with Crippen LogP contribution in [0, 0.1) is 17.7 Å². The van der Waals surface area contributed by atoms with E-state index in [0.29, 0.717) is 0 Å². The van der Waals surface area contributed by atoms with Crippen LogP contribution in [0.1, 0.15) is 11.1 Å². The first kappa shape index (κ1) is 10.9. The second-order valence-electron chi connectivity index (χ2n) is 3.23. The van der Waals surface area contributed by atoms with Crippen LogP contribution in [0.2, 0.25) is 0 Å². The van der Waals surface area contributed by atoms with Crippen molar-refractivity contribution >= 4 is 23.5 Å². The molecule has 0 amide bonds. The van der Waals surface area contributed by atoms with Crippen LogP contribution in [0.3, 0.4) is 0 Å². The molecule has 0 saturated heterocycles. The van der Waals surface area contributed by atoms with Gasteiger partial charge in [0, 0.05) is 11.5 Å². The topological polar surface area (TPSA) is 0 Å². The molecule has 3 heteroatoms. The smallest absolute Gasteiger partial charge is 0.131 e. The molecule has 0 spiro atoms. The predicted octanol–water partition coefficient (Wildman–Crippen LogP) is 3.31. The molecule has 1 heterocycles. The Morgan fingerprint density at radius 2 is 1.53 bits per heavy atom. The molecule has 0 saturated carbocycles. The molecule has 0 atom stereocenters. The fourth-order valence-electron chi connectivity index (χ4n) is 1.38. The van der Waals surface area contributed by atoms with Gasteiger partial charge in [0.15, 0.2) is 0 Å². The van der Waals surface area contributed by atoms with Crippen molar-refractivity contribution in [2.24, 2.45) is 0 Å². The summed E-state index contributed by atoms with van der Waals surface area (Å²) < 4.78 is 13.9. The van der Waals surface area contributed by atoms with Gasteiger partial charge in [-0.15, -0.1) is 23.5 Å². The molecule has 15 heavy (non-hydrogen) atoms. The quantitative estimate of drug-likeness (QED) is 0.636. The lowest BCUT2D eigenvalue weighted by molar-refractivity contribution is 0.607. The lowest BCUT2D eigenvalue weighted by Crippen LogP contribution is -1.94. The third kappa shape index (κ3) is 2.93. The van der Waals surface area contributed by atoms with Gasteiger partial charge in [-0.2, -0.15) is 0 Å². The molecule has 0 aromatic heterocycles. The predicted molar refractivity (Wildman–Crippen MR) is 66.5 cm³/mol. The highest BCUT2D eigenvalue weighted by atomic mass is 32.2. The van der Waals surface area contributed by atoms with Gasteiger partial charge in [-0.25, -0.2) is 4.39 Å². The molecule has 0 aliphatic carbocycles. The molecule has 0 unspecified atom stereocenters. The first-order valence-corrected chi connectivity index (χ1v) is 7.06. The molecule has 0 N–H and O–H groups in total. The maximum absolute atomic E-state index is 13.9. The van der Waals surface area contributed by atoms with Crippen molar-refractivity contribution in [3.8, 4) is 11.8 Å². The van der Waals surface area contributed by atoms with Gasteiger partial charge in [0.1, 0.15) is 5.82 Å². The largest absolute Gasteiger partial charge is 0.206 e. The summed E-state index contributed by atoms with van der Waals surface area (Å²) in [5.74, 6) is 9.17. The van der Waals surface area contributed by atoms with Crippen molar-refractivity contribution < 1.29 is 4.39 Å². The van der Waals surface area contributed by atoms with Crippen LogP contribution in [-0.4, -0.2) is 11.5 Å². The summed E-state index contributed by atoms with van der Waals surface area (Å²) in [6.45, 7) is 0. The molecule has 0 nitrogen and oxygen atoms in total. The molecule has 78 valence electrons. The van der Waals surface area contributed by atoms with Gasteiger partial charge in [0.2, 0.25) is 0 Å². The van der Waals surface area contributed by atoms with E-state index in [0.717, 1.165) is 34.1 Å². The lowest BCUT2D eigenvalue weighted by Gasteiger charge is -2.06. The van der Waals surface area contributed by atoms with Gasteiger partial charge in [-0.3, -0.25) is 0 Å². The van der Waals surface area contributed by atoms with E-state index in [-0.39, 0.29) is 5.82 Å². The van der Waals surface area contributed by atoms with Crippen LogP contribution in [0.15, 0.2) is 18.2 Å². The average Bonchev–Trinajstić information content (AvgIpc) is 2.28. The van der Waals surface area contributed by atoms with Gasteiger partial charge in [0.05, 0.1) is 11.5 Å². The fraction of sp³-hybridized carbons (Fsp3) is 0.333. The van der Waals surface area contributed by atoms with Crippen molar-refractivity contribution in [3.05, 3.63) is 35.1 Å². The van der Waals surface area contributed by atoms with Gasteiger partial charge in [-0.1, -0.05) is 30.0 Å². The minimum absolute atomic E-state index is 0.0283. The monoisotopic (exact) mass is 238 g/mol. The highest BCUT2D eigenvalue weighted by Gasteiger charge is 2.08. The number of thioether (sulfide) groups is 2. The number of rotatable bonds is 0. The highest BCUT2D eigenvalue weighted by molar-refractivity contribution is 7.99. The molecular formula is C12H11FS2. The Balaban J connectivity index is 2.25. The van der Waals surface area contributed by atoms with Gasteiger partial charge in [-0.05, 0) is 11.1 Å². The van der Waals surface area contributed by atoms with Gasteiger partial charge < -0.3 is 0 Å². The summed E-state index contributed by atoms with van der Waals surface area (Å²) in [6, 6.07) is 5.66. The lowest BCUT2D eigenvalue weighted by atomic mass is 10.1. The summed E-state index contributed by atoms with van der Waals surface area (Å²) >= 11 is 3.35. The summed E-state index contributed by atoms with van der Waals surface area (Å²) in [4.78, 5) is 0. The van der Waals surface area contributed by atoms with Crippen molar-refractivity contribution in [1.29, 1.82) is 0 Å². The second kappa shape index (κ2) is 5.48. The molecular weight excluding hydrogens is 227 g/mol. The average molecular weight is 238 g/mol. The van der Waals surface area contributed by atoms with E-state index >= 15 is 0 Å². The zero-order chi connectivity index (χ0) is 10.5. The van der Waals surface area contributed by atoms with Crippen LogP contribution in [0.4, 0.5) is 4.39 Å². The summed E-state index contributed by atoms with van der Waals surface area (Å²) in [5.41, 5.74) is 1.61. The van der Waals surface area contributed by atoms with Crippen LogP contribution < -0.4 is 0 Å². The molecule has 1 aliphatic heterocycles. The Labute approximate surface area is 98.0 Å².